The van der Waals surface area contributed by atoms with Gasteiger partial charge in [0.1, 0.15) is 0 Å². The number of methoxy groups -OCH3 is 1. The first-order valence-corrected chi connectivity index (χ1v) is 9.64. The van der Waals surface area contributed by atoms with Gasteiger partial charge < -0.3 is 23.8 Å². The lowest BCUT2D eigenvalue weighted by Gasteiger charge is -2.20. The maximum Gasteiger partial charge on any atom is 0.387 e. The molecule has 0 aliphatic carbocycles. The monoisotopic (exact) mass is 443 g/mol. The van der Waals surface area contributed by atoms with Crippen molar-refractivity contribution in [2.45, 2.75) is 27.0 Å². The molecule has 0 unspecified atom stereocenters. The summed E-state index contributed by atoms with van der Waals surface area (Å²) in [7, 11) is 3.08. The van der Waals surface area contributed by atoms with Gasteiger partial charge in [0, 0.05) is 19.2 Å². The van der Waals surface area contributed by atoms with E-state index in [1.165, 1.54) is 24.1 Å². The van der Waals surface area contributed by atoms with Crippen molar-refractivity contribution < 1.29 is 32.5 Å². The van der Waals surface area contributed by atoms with E-state index < -0.39 is 6.61 Å². The molecule has 9 heteroatoms. The second kappa shape index (κ2) is 10.9. The molecule has 0 spiro atoms. The molecule has 0 atom stereocenters. The molecule has 0 bridgehead atoms. The minimum absolute atomic E-state index is 0.0624. The fraction of sp³-hybridized carbons (Fsp3) is 0.381. The van der Waals surface area contributed by atoms with E-state index in [0.29, 0.717) is 29.2 Å². The number of halogens is 3. The molecule has 0 radical (unpaired) electrons. The number of nitrogens with zero attached hydrogens (tertiary/aromatic N) is 1. The number of alkyl halides is 2. The van der Waals surface area contributed by atoms with Gasteiger partial charge in [0.2, 0.25) is 0 Å². The fourth-order valence-corrected chi connectivity index (χ4v) is 3.07. The van der Waals surface area contributed by atoms with E-state index in [-0.39, 0.29) is 35.6 Å². The Labute approximate surface area is 179 Å². The molecule has 2 aromatic rings. The summed E-state index contributed by atoms with van der Waals surface area (Å²) in [5.74, 6) is 0.545. The number of carbonyl (C=O) groups excluding carboxylic acids is 1. The van der Waals surface area contributed by atoms with Gasteiger partial charge in [-0.15, -0.1) is 0 Å². The number of carbonyl (C=O) groups is 1. The number of ether oxygens (including phenoxy) is 4. The molecule has 0 N–H and O–H groups in total. The molecule has 30 heavy (non-hydrogen) atoms. The van der Waals surface area contributed by atoms with Gasteiger partial charge in [-0.3, -0.25) is 4.79 Å². The van der Waals surface area contributed by atoms with Crippen LogP contribution in [-0.4, -0.2) is 44.8 Å². The first kappa shape index (κ1) is 23.5. The molecule has 0 fully saturated rings. The normalized spacial score (nSPS) is 10.7. The minimum Gasteiger partial charge on any atom is -0.493 e. The maximum absolute atomic E-state index is 12.9. The van der Waals surface area contributed by atoms with E-state index in [0.717, 1.165) is 0 Å². The molecule has 0 saturated carbocycles. The zero-order chi connectivity index (χ0) is 22.3. The molecule has 0 saturated heterocycles. The molecule has 0 aliphatic heterocycles. The Hall–Kier alpha value is -2.74. The SMILES string of the molecule is CCOc1cc(CN(C)C(=O)c2cc(Cl)c(OCC)c(OC)c2)ccc1OC(F)F. The zero-order valence-corrected chi connectivity index (χ0v) is 18.0. The smallest absolute Gasteiger partial charge is 0.387 e. The summed E-state index contributed by atoms with van der Waals surface area (Å²) >= 11 is 6.25. The standard InChI is InChI=1S/C21H24ClF2NO5/c1-5-28-17-9-13(7-8-16(17)30-21(23)24)12-25(3)20(26)14-10-15(22)19(29-6-2)18(11-14)27-4/h7-11,21H,5-6,12H2,1-4H3. The van der Waals surface area contributed by atoms with Gasteiger partial charge in [-0.25, -0.2) is 0 Å². The van der Waals surface area contributed by atoms with Crippen molar-refractivity contribution in [1.29, 1.82) is 0 Å². The van der Waals surface area contributed by atoms with Gasteiger partial charge in [0.05, 0.1) is 25.3 Å². The lowest BCUT2D eigenvalue weighted by Crippen LogP contribution is -2.26. The Balaban J connectivity index is 2.23. The van der Waals surface area contributed by atoms with Crippen molar-refractivity contribution >= 4 is 17.5 Å². The summed E-state index contributed by atoms with van der Waals surface area (Å²) in [6, 6.07) is 7.62. The quantitative estimate of drug-likeness (QED) is 0.516. The van der Waals surface area contributed by atoms with Gasteiger partial charge in [-0.05, 0) is 43.7 Å². The van der Waals surface area contributed by atoms with Gasteiger partial charge in [0.15, 0.2) is 23.0 Å². The van der Waals surface area contributed by atoms with Crippen molar-refractivity contribution in [3.63, 3.8) is 0 Å². The molecule has 0 aromatic heterocycles. The summed E-state index contributed by atoms with van der Waals surface area (Å²) < 4.78 is 45.7. The Kier molecular flexibility index (Phi) is 8.53. The van der Waals surface area contributed by atoms with Crippen LogP contribution in [0.3, 0.4) is 0 Å². The predicted molar refractivity (Wildman–Crippen MR) is 109 cm³/mol. The Bertz CT molecular complexity index is 879. The second-order valence-corrected chi connectivity index (χ2v) is 6.58. The van der Waals surface area contributed by atoms with Crippen LogP contribution in [0.4, 0.5) is 8.78 Å². The first-order chi connectivity index (χ1) is 14.3. The number of hydrogen-bond donors (Lipinski definition) is 0. The average molecular weight is 444 g/mol. The number of benzene rings is 2. The highest BCUT2D eigenvalue weighted by molar-refractivity contribution is 6.32. The first-order valence-electron chi connectivity index (χ1n) is 9.26. The molecule has 2 rings (SSSR count). The third-order valence-electron chi connectivity index (χ3n) is 4.06. The number of amides is 1. The highest BCUT2D eigenvalue weighted by atomic mass is 35.5. The Morgan fingerprint density at radius 1 is 1.07 bits per heavy atom. The van der Waals surface area contributed by atoms with Gasteiger partial charge in [0.25, 0.3) is 5.91 Å². The van der Waals surface area contributed by atoms with E-state index >= 15 is 0 Å². The van der Waals surface area contributed by atoms with Crippen LogP contribution in [0.15, 0.2) is 30.3 Å². The van der Waals surface area contributed by atoms with E-state index in [4.69, 9.17) is 25.8 Å². The van der Waals surface area contributed by atoms with Crippen LogP contribution < -0.4 is 18.9 Å². The largest absolute Gasteiger partial charge is 0.493 e. The van der Waals surface area contributed by atoms with Gasteiger partial charge in [-0.1, -0.05) is 17.7 Å². The average Bonchev–Trinajstić information content (AvgIpc) is 2.70. The van der Waals surface area contributed by atoms with Crippen molar-refractivity contribution in [1.82, 2.24) is 4.90 Å². The molecular formula is C21H24ClF2NO5. The van der Waals surface area contributed by atoms with Crippen LogP contribution in [0, 0.1) is 0 Å². The van der Waals surface area contributed by atoms with Crippen molar-refractivity contribution in [3.05, 3.63) is 46.5 Å². The molecule has 164 valence electrons. The molecule has 2 aromatic carbocycles. The summed E-state index contributed by atoms with van der Waals surface area (Å²) in [4.78, 5) is 14.3. The number of hydrogen-bond acceptors (Lipinski definition) is 5. The molecular weight excluding hydrogens is 420 g/mol. The van der Waals surface area contributed by atoms with Gasteiger partial charge in [-0.2, -0.15) is 8.78 Å². The number of rotatable bonds is 10. The second-order valence-electron chi connectivity index (χ2n) is 6.18. The van der Waals surface area contributed by atoms with Crippen LogP contribution in [0.1, 0.15) is 29.8 Å². The molecule has 6 nitrogen and oxygen atoms in total. The van der Waals surface area contributed by atoms with Crippen LogP contribution in [0.5, 0.6) is 23.0 Å². The highest BCUT2D eigenvalue weighted by Crippen LogP contribution is 2.37. The van der Waals surface area contributed by atoms with Crippen LogP contribution in [0.2, 0.25) is 5.02 Å². The zero-order valence-electron chi connectivity index (χ0n) is 17.2. The molecule has 1 amide bonds. The van der Waals surface area contributed by atoms with Gasteiger partial charge >= 0.3 is 6.61 Å². The van der Waals surface area contributed by atoms with E-state index in [2.05, 4.69) is 4.74 Å². The summed E-state index contributed by atoms with van der Waals surface area (Å²) in [5, 5.41) is 0.264. The highest BCUT2D eigenvalue weighted by Gasteiger charge is 2.19. The van der Waals surface area contributed by atoms with Crippen molar-refractivity contribution in [3.8, 4) is 23.0 Å². The van der Waals surface area contributed by atoms with E-state index in [1.807, 2.05) is 6.92 Å². The van der Waals surface area contributed by atoms with E-state index in [9.17, 15) is 13.6 Å². The fourth-order valence-electron chi connectivity index (χ4n) is 2.81. The predicted octanol–water partition coefficient (Wildman–Crippen LogP) is 5.02. The van der Waals surface area contributed by atoms with Crippen LogP contribution in [0.25, 0.3) is 0 Å². The molecule has 0 aliphatic rings. The third kappa shape index (κ3) is 5.89. The maximum atomic E-state index is 12.9. The lowest BCUT2D eigenvalue weighted by molar-refractivity contribution is -0.0514. The molecule has 0 heterocycles. The van der Waals surface area contributed by atoms with Crippen molar-refractivity contribution in [2.24, 2.45) is 0 Å². The van der Waals surface area contributed by atoms with Crippen LogP contribution in [-0.2, 0) is 6.54 Å². The topological polar surface area (TPSA) is 57.2 Å². The Morgan fingerprint density at radius 2 is 1.77 bits per heavy atom. The van der Waals surface area contributed by atoms with E-state index in [1.54, 1.807) is 32.2 Å². The summed E-state index contributed by atoms with van der Waals surface area (Å²) in [6.07, 6.45) is 0. The van der Waals surface area contributed by atoms with Crippen molar-refractivity contribution in [2.75, 3.05) is 27.4 Å². The lowest BCUT2D eigenvalue weighted by atomic mass is 10.1. The Morgan fingerprint density at radius 3 is 2.37 bits per heavy atom. The minimum atomic E-state index is -2.96. The third-order valence-corrected chi connectivity index (χ3v) is 4.34. The van der Waals surface area contributed by atoms with Crippen LogP contribution >= 0.6 is 11.6 Å². The summed E-state index contributed by atoms with van der Waals surface area (Å²) in [6.45, 7) is 1.48. The summed E-state index contributed by atoms with van der Waals surface area (Å²) in [5.41, 5.74) is 1.01.